The zero-order valence-electron chi connectivity index (χ0n) is 12.2. The highest BCUT2D eigenvalue weighted by Crippen LogP contribution is 2.25. The molecule has 0 saturated carbocycles. The van der Waals surface area contributed by atoms with E-state index in [9.17, 15) is 13.9 Å². The van der Waals surface area contributed by atoms with E-state index in [1.807, 2.05) is 20.8 Å². The smallest absolute Gasteiger partial charge is 0.129 e. The summed E-state index contributed by atoms with van der Waals surface area (Å²) in [6, 6.07) is 3.07. The third kappa shape index (κ3) is 3.84. The molecule has 0 aliphatic heterocycles. The van der Waals surface area contributed by atoms with Crippen LogP contribution >= 0.6 is 11.3 Å². The van der Waals surface area contributed by atoms with Crippen LogP contribution in [0.4, 0.5) is 8.78 Å². The quantitative estimate of drug-likeness (QED) is 0.889. The second-order valence-electron chi connectivity index (χ2n) is 4.99. The fourth-order valence-electron chi connectivity index (χ4n) is 2.21. The Morgan fingerprint density at radius 1 is 1.33 bits per heavy atom. The van der Waals surface area contributed by atoms with E-state index in [1.165, 1.54) is 0 Å². The number of aromatic nitrogens is 1. The van der Waals surface area contributed by atoms with Crippen molar-refractivity contribution >= 4 is 11.3 Å². The van der Waals surface area contributed by atoms with Crippen molar-refractivity contribution in [3.63, 3.8) is 0 Å². The summed E-state index contributed by atoms with van der Waals surface area (Å²) in [7, 11) is 0. The third-order valence-electron chi connectivity index (χ3n) is 3.27. The number of aliphatic hydroxyl groups is 1. The van der Waals surface area contributed by atoms with Crippen molar-refractivity contribution in [2.75, 3.05) is 6.54 Å². The van der Waals surface area contributed by atoms with Gasteiger partial charge in [-0.3, -0.25) is 0 Å². The van der Waals surface area contributed by atoms with Crippen molar-refractivity contribution in [3.8, 4) is 0 Å². The van der Waals surface area contributed by atoms with Crippen LogP contribution in [0.25, 0.3) is 0 Å². The highest BCUT2D eigenvalue weighted by Gasteiger charge is 2.17. The molecular formula is C15H18F2N2OS. The number of nitrogens with zero attached hydrogens (tertiary/aromatic N) is 1. The van der Waals surface area contributed by atoms with Crippen LogP contribution in [0.2, 0.25) is 0 Å². The molecule has 1 aromatic heterocycles. The molecule has 2 aromatic rings. The van der Waals surface area contributed by atoms with E-state index >= 15 is 0 Å². The van der Waals surface area contributed by atoms with Crippen molar-refractivity contribution in [1.82, 2.24) is 10.3 Å². The van der Waals surface area contributed by atoms with Gasteiger partial charge >= 0.3 is 0 Å². The van der Waals surface area contributed by atoms with Gasteiger partial charge in [0, 0.05) is 23.0 Å². The molecule has 0 spiro atoms. The van der Waals surface area contributed by atoms with Gasteiger partial charge in [0.15, 0.2) is 0 Å². The molecular weight excluding hydrogens is 294 g/mol. The van der Waals surface area contributed by atoms with Crippen LogP contribution in [0.3, 0.4) is 0 Å². The van der Waals surface area contributed by atoms with Gasteiger partial charge in [-0.1, -0.05) is 0 Å². The summed E-state index contributed by atoms with van der Waals surface area (Å²) in [4.78, 5) is 5.43. The molecule has 21 heavy (non-hydrogen) atoms. The zero-order valence-corrected chi connectivity index (χ0v) is 13.0. The molecule has 0 saturated heterocycles. The lowest BCUT2D eigenvalue weighted by Crippen LogP contribution is -2.25. The van der Waals surface area contributed by atoms with E-state index in [4.69, 9.17) is 0 Å². The van der Waals surface area contributed by atoms with E-state index < -0.39 is 17.7 Å². The molecule has 0 amide bonds. The molecule has 0 fully saturated rings. The first kappa shape index (κ1) is 16.0. The van der Waals surface area contributed by atoms with Gasteiger partial charge < -0.3 is 10.4 Å². The monoisotopic (exact) mass is 312 g/mol. The largest absolute Gasteiger partial charge is 0.387 e. The molecule has 2 rings (SSSR count). The molecule has 3 nitrogen and oxygen atoms in total. The molecule has 2 atom stereocenters. The Labute approximate surface area is 126 Å². The van der Waals surface area contributed by atoms with Crippen LogP contribution < -0.4 is 5.32 Å². The van der Waals surface area contributed by atoms with Crippen molar-refractivity contribution in [3.05, 3.63) is 51.0 Å². The summed E-state index contributed by atoms with van der Waals surface area (Å²) in [5, 5.41) is 14.1. The first-order chi connectivity index (χ1) is 9.88. The average Bonchev–Trinajstić information content (AvgIpc) is 2.77. The van der Waals surface area contributed by atoms with Crippen molar-refractivity contribution in [2.45, 2.75) is 32.9 Å². The number of benzene rings is 1. The highest BCUT2D eigenvalue weighted by molar-refractivity contribution is 7.11. The molecule has 1 heterocycles. The van der Waals surface area contributed by atoms with E-state index in [0.29, 0.717) is 0 Å². The lowest BCUT2D eigenvalue weighted by atomic mass is 10.1. The highest BCUT2D eigenvalue weighted by atomic mass is 32.1. The maximum absolute atomic E-state index is 13.6. The number of nitrogens with one attached hydrogen (secondary N) is 1. The minimum atomic E-state index is -1.10. The number of aliphatic hydroxyl groups excluding tert-OH is 1. The second kappa shape index (κ2) is 6.60. The van der Waals surface area contributed by atoms with Gasteiger partial charge in [-0.15, -0.1) is 11.3 Å². The Morgan fingerprint density at radius 3 is 2.67 bits per heavy atom. The lowest BCUT2D eigenvalue weighted by molar-refractivity contribution is 0.166. The molecule has 6 heteroatoms. The van der Waals surface area contributed by atoms with Gasteiger partial charge in [-0.25, -0.2) is 13.8 Å². The van der Waals surface area contributed by atoms with E-state index in [2.05, 4.69) is 10.3 Å². The van der Waals surface area contributed by atoms with Crippen molar-refractivity contribution in [1.29, 1.82) is 0 Å². The van der Waals surface area contributed by atoms with Gasteiger partial charge in [-0.2, -0.15) is 0 Å². The summed E-state index contributed by atoms with van der Waals surface area (Å²) in [6.45, 7) is 5.96. The van der Waals surface area contributed by atoms with E-state index in [0.717, 1.165) is 33.8 Å². The lowest BCUT2D eigenvalue weighted by Gasteiger charge is -2.17. The number of aryl methyl sites for hydroxylation is 2. The molecule has 2 N–H and O–H groups in total. The number of thiazole rings is 1. The molecule has 0 bridgehead atoms. The molecule has 0 aliphatic rings. The van der Waals surface area contributed by atoms with E-state index in [-0.39, 0.29) is 18.2 Å². The summed E-state index contributed by atoms with van der Waals surface area (Å²) in [5.41, 5.74) is 0.913. The van der Waals surface area contributed by atoms with Crippen LogP contribution in [-0.2, 0) is 0 Å². The van der Waals surface area contributed by atoms with Crippen LogP contribution in [0.5, 0.6) is 0 Å². The Morgan fingerprint density at radius 2 is 2.05 bits per heavy atom. The zero-order chi connectivity index (χ0) is 15.6. The first-order valence-electron chi connectivity index (χ1n) is 6.68. The summed E-state index contributed by atoms with van der Waals surface area (Å²) < 4.78 is 26.7. The maximum atomic E-state index is 13.6. The second-order valence-corrected chi connectivity index (χ2v) is 6.23. The first-order valence-corrected chi connectivity index (χ1v) is 7.50. The minimum absolute atomic E-state index is 0.0116. The van der Waals surface area contributed by atoms with Gasteiger partial charge in [0.25, 0.3) is 0 Å². The molecule has 0 radical (unpaired) electrons. The molecule has 0 aliphatic carbocycles. The minimum Gasteiger partial charge on any atom is -0.387 e. The van der Waals surface area contributed by atoms with Gasteiger partial charge in [0.2, 0.25) is 0 Å². The van der Waals surface area contributed by atoms with Gasteiger partial charge in [-0.05, 0) is 39.0 Å². The van der Waals surface area contributed by atoms with Gasteiger partial charge in [0.05, 0.1) is 16.8 Å². The number of halogens is 2. The van der Waals surface area contributed by atoms with Crippen molar-refractivity contribution in [2.24, 2.45) is 0 Å². The fourth-order valence-corrected chi connectivity index (χ4v) is 3.16. The number of hydrogen-bond acceptors (Lipinski definition) is 4. The topological polar surface area (TPSA) is 45.2 Å². The maximum Gasteiger partial charge on any atom is 0.129 e. The van der Waals surface area contributed by atoms with Crippen LogP contribution in [0.1, 0.15) is 40.2 Å². The van der Waals surface area contributed by atoms with Crippen LogP contribution in [-0.4, -0.2) is 16.6 Å². The van der Waals surface area contributed by atoms with Crippen LogP contribution in [0.15, 0.2) is 18.2 Å². The molecule has 114 valence electrons. The fraction of sp³-hybridized carbons (Fsp3) is 0.400. The predicted octanol–water partition coefficient (Wildman–Crippen LogP) is 3.42. The van der Waals surface area contributed by atoms with Crippen LogP contribution in [0, 0.1) is 25.5 Å². The Balaban J connectivity index is 2.02. The number of rotatable bonds is 5. The summed E-state index contributed by atoms with van der Waals surface area (Å²) >= 11 is 1.59. The normalized spacial score (nSPS) is 14.2. The summed E-state index contributed by atoms with van der Waals surface area (Å²) in [5.74, 6) is -1.17. The third-order valence-corrected chi connectivity index (χ3v) is 4.52. The van der Waals surface area contributed by atoms with E-state index in [1.54, 1.807) is 11.3 Å². The molecule has 2 unspecified atom stereocenters. The number of hydrogen-bond donors (Lipinski definition) is 2. The molecule has 1 aromatic carbocycles. The van der Waals surface area contributed by atoms with Gasteiger partial charge in [0.1, 0.15) is 11.6 Å². The standard InChI is InChI=1S/C15H18F2N2OS/c1-8(15-9(2)19-10(3)21-15)18-7-14(20)12-6-11(16)4-5-13(12)17/h4-6,8,14,18,20H,7H2,1-3H3. The predicted molar refractivity (Wildman–Crippen MR) is 79.3 cm³/mol. The Hall–Kier alpha value is -1.37. The SMILES string of the molecule is Cc1nc(C)c(C(C)NCC(O)c2cc(F)ccc2F)s1. The average molecular weight is 312 g/mol. The Kier molecular flexibility index (Phi) is 5.03. The Bertz CT molecular complexity index is 630. The summed E-state index contributed by atoms with van der Waals surface area (Å²) in [6.07, 6.45) is -1.10. The van der Waals surface area contributed by atoms with Crippen molar-refractivity contribution < 1.29 is 13.9 Å².